The van der Waals surface area contributed by atoms with Gasteiger partial charge >= 0.3 is 0 Å². The van der Waals surface area contributed by atoms with Gasteiger partial charge in [-0.05, 0) is 36.2 Å². The van der Waals surface area contributed by atoms with Crippen molar-refractivity contribution in [2.45, 2.75) is 6.42 Å². The van der Waals surface area contributed by atoms with Crippen molar-refractivity contribution in [2.75, 3.05) is 26.1 Å². The predicted octanol–water partition coefficient (Wildman–Crippen LogP) is 3.50. The Labute approximate surface area is 118 Å². The first-order valence-electron chi connectivity index (χ1n) is 6.43. The Morgan fingerprint density at radius 3 is 2.35 bits per heavy atom. The van der Waals surface area contributed by atoms with Crippen LogP contribution in [0.2, 0.25) is 0 Å². The van der Waals surface area contributed by atoms with Crippen LogP contribution in [0.5, 0.6) is 11.5 Å². The van der Waals surface area contributed by atoms with Crippen molar-refractivity contribution in [3.05, 3.63) is 53.8 Å². The van der Waals surface area contributed by atoms with Crippen molar-refractivity contribution in [3.8, 4) is 11.5 Å². The molecule has 0 heterocycles. The van der Waals surface area contributed by atoms with Crippen LogP contribution in [0, 0.1) is 5.82 Å². The van der Waals surface area contributed by atoms with Gasteiger partial charge in [0.05, 0.1) is 14.2 Å². The third-order valence-electron chi connectivity index (χ3n) is 3.05. The molecule has 3 nitrogen and oxygen atoms in total. The summed E-state index contributed by atoms with van der Waals surface area (Å²) in [5.74, 6) is 0.742. The molecular weight excluding hydrogens is 257 g/mol. The second-order valence-electron chi connectivity index (χ2n) is 4.37. The van der Waals surface area contributed by atoms with E-state index in [2.05, 4.69) is 5.32 Å². The first-order chi connectivity index (χ1) is 9.72. The van der Waals surface area contributed by atoms with Gasteiger partial charge in [0.2, 0.25) is 0 Å². The number of halogens is 1. The highest BCUT2D eigenvalue weighted by atomic mass is 19.1. The third kappa shape index (κ3) is 3.63. The third-order valence-corrected chi connectivity index (χ3v) is 3.05. The van der Waals surface area contributed by atoms with Gasteiger partial charge in [-0.3, -0.25) is 0 Å². The highest BCUT2D eigenvalue weighted by molar-refractivity contribution is 5.47. The second-order valence-corrected chi connectivity index (χ2v) is 4.37. The Bertz CT molecular complexity index is 555. The molecule has 0 aromatic heterocycles. The lowest BCUT2D eigenvalue weighted by Gasteiger charge is -2.09. The first-order valence-corrected chi connectivity index (χ1v) is 6.43. The van der Waals surface area contributed by atoms with Crippen LogP contribution in [0.1, 0.15) is 5.56 Å². The molecule has 20 heavy (non-hydrogen) atoms. The lowest BCUT2D eigenvalue weighted by Crippen LogP contribution is -2.05. The van der Waals surface area contributed by atoms with E-state index in [0.29, 0.717) is 0 Å². The summed E-state index contributed by atoms with van der Waals surface area (Å²) in [6.45, 7) is 0.734. The van der Waals surface area contributed by atoms with Gasteiger partial charge < -0.3 is 14.8 Å². The zero-order valence-corrected chi connectivity index (χ0v) is 11.7. The van der Waals surface area contributed by atoms with Gasteiger partial charge in [-0.15, -0.1) is 0 Å². The van der Waals surface area contributed by atoms with Crippen molar-refractivity contribution in [2.24, 2.45) is 0 Å². The van der Waals surface area contributed by atoms with Crippen LogP contribution in [-0.2, 0) is 6.42 Å². The fraction of sp³-hybridized carbons (Fsp3) is 0.250. The van der Waals surface area contributed by atoms with Gasteiger partial charge in [0.15, 0.2) is 11.6 Å². The Morgan fingerprint density at radius 1 is 1.00 bits per heavy atom. The van der Waals surface area contributed by atoms with Crippen molar-refractivity contribution in [3.63, 3.8) is 0 Å². The van der Waals surface area contributed by atoms with E-state index >= 15 is 0 Å². The summed E-state index contributed by atoms with van der Waals surface area (Å²) >= 11 is 0. The average molecular weight is 275 g/mol. The summed E-state index contributed by atoms with van der Waals surface area (Å²) in [7, 11) is 3.10. The van der Waals surface area contributed by atoms with Crippen molar-refractivity contribution < 1.29 is 13.9 Å². The lowest BCUT2D eigenvalue weighted by molar-refractivity contribution is 0.386. The van der Waals surface area contributed by atoms with Gasteiger partial charge in [0, 0.05) is 18.3 Å². The molecule has 2 rings (SSSR count). The number of hydrogen-bond donors (Lipinski definition) is 1. The molecule has 2 aromatic rings. The molecule has 0 amide bonds. The fourth-order valence-corrected chi connectivity index (χ4v) is 1.92. The zero-order chi connectivity index (χ0) is 14.4. The summed E-state index contributed by atoms with van der Waals surface area (Å²) < 4.78 is 23.5. The van der Waals surface area contributed by atoms with E-state index in [1.807, 2.05) is 24.3 Å². The van der Waals surface area contributed by atoms with Crippen LogP contribution in [0.25, 0.3) is 0 Å². The van der Waals surface area contributed by atoms with Crippen LogP contribution >= 0.6 is 0 Å². The maximum atomic E-state index is 13.5. The molecule has 0 aliphatic rings. The van der Waals surface area contributed by atoms with Crippen molar-refractivity contribution in [1.82, 2.24) is 0 Å². The Hall–Kier alpha value is -2.23. The normalized spacial score (nSPS) is 10.2. The fourth-order valence-electron chi connectivity index (χ4n) is 1.92. The van der Waals surface area contributed by atoms with Crippen molar-refractivity contribution >= 4 is 5.69 Å². The number of hydrogen-bond acceptors (Lipinski definition) is 3. The van der Waals surface area contributed by atoms with Crippen LogP contribution in [-0.4, -0.2) is 20.8 Å². The van der Waals surface area contributed by atoms with Gasteiger partial charge in [-0.2, -0.15) is 0 Å². The molecule has 0 bridgehead atoms. The molecule has 0 aliphatic carbocycles. The van der Waals surface area contributed by atoms with Crippen LogP contribution in [0.15, 0.2) is 42.5 Å². The zero-order valence-electron chi connectivity index (χ0n) is 11.7. The summed E-state index contributed by atoms with van der Waals surface area (Å²) in [6, 6.07) is 12.8. The van der Waals surface area contributed by atoms with E-state index < -0.39 is 0 Å². The Morgan fingerprint density at radius 2 is 1.75 bits per heavy atom. The predicted molar refractivity (Wildman–Crippen MR) is 78.1 cm³/mol. The highest BCUT2D eigenvalue weighted by Crippen LogP contribution is 2.20. The minimum Gasteiger partial charge on any atom is -0.497 e. The second kappa shape index (κ2) is 6.80. The number of rotatable bonds is 6. The van der Waals surface area contributed by atoms with E-state index in [0.717, 1.165) is 24.4 Å². The summed E-state index contributed by atoms with van der Waals surface area (Å²) in [5, 5.41) is 3.19. The molecule has 4 heteroatoms. The molecule has 0 unspecified atom stereocenters. The molecular formula is C16H18FNO2. The van der Waals surface area contributed by atoms with Crippen LogP contribution in [0.3, 0.4) is 0 Å². The minimum absolute atomic E-state index is 0.255. The van der Waals surface area contributed by atoms with Gasteiger partial charge in [0.25, 0.3) is 0 Å². The smallest absolute Gasteiger partial charge is 0.167 e. The van der Waals surface area contributed by atoms with E-state index in [9.17, 15) is 4.39 Å². The molecule has 0 atom stereocenters. The summed E-state index contributed by atoms with van der Waals surface area (Å²) in [6.07, 6.45) is 0.859. The summed E-state index contributed by atoms with van der Waals surface area (Å²) in [5.41, 5.74) is 1.95. The van der Waals surface area contributed by atoms with E-state index in [1.54, 1.807) is 19.2 Å². The maximum absolute atomic E-state index is 13.5. The van der Waals surface area contributed by atoms with E-state index in [4.69, 9.17) is 9.47 Å². The molecule has 0 fully saturated rings. The standard InChI is InChI=1S/C16H18FNO2/c1-19-14-6-3-12(4-7-14)9-10-18-13-5-8-16(20-2)15(17)11-13/h3-8,11,18H,9-10H2,1-2H3. The lowest BCUT2D eigenvalue weighted by atomic mass is 10.1. The molecule has 2 aromatic carbocycles. The molecule has 0 saturated heterocycles. The largest absolute Gasteiger partial charge is 0.497 e. The van der Waals surface area contributed by atoms with E-state index in [1.165, 1.54) is 18.7 Å². The number of benzene rings is 2. The van der Waals surface area contributed by atoms with Crippen LogP contribution in [0.4, 0.5) is 10.1 Å². The molecule has 0 spiro atoms. The van der Waals surface area contributed by atoms with Gasteiger partial charge in [-0.25, -0.2) is 4.39 Å². The topological polar surface area (TPSA) is 30.5 Å². The number of methoxy groups -OCH3 is 2. The molecule has 0 radical (unpaired) electrons. The first kappa shape index (κ1) is 14.2. The SMILES string of the molecule is COc1ccc(CCNc2ccc(OC)c(F)c2)cc1. The van der Waals surface area contributed by atoms with Gasteiger partial charge in [0.1, 0.15) is 5.75 Å². The molecule has 0 aliphatic heterocycles. The Kier molecular flexibility index (Phi) is 4.82. The quantitative estimate of drug-likeness (QED) is 0.875. The number of anilines is 1. The van der Waals surface area contributed by atoms with Crippen molar-refractivity contribution in [1.29, 1.82) is 0 Å². The van der Waals surface area contributed by atoms with Crippen LogP contribution < -0.4 is 14.8 Å². The maximum Gasteiger partial charge on any atom is 0.167 e. The summed E-state index contributed by atoms with van der Waals surface area (Å²) in [4.78, 5) is 0. The Balaban J connectivity index is 1.87. The minimum atomic E-state index is -0.359. The highest BCUT2D eigenvalue weighted by Gasteiger charge is 2.03. The molecule has 0 saturated carbocycles. The monoisotopic (exact) mass is 275 g/mol. The number of ether oxygens (including phenoxy) is 2. The molecule has 106 valence electrons. The van der Waals surface area contributed by atoms with Gasteiger partial charge in [-0.1, -0.05) is 12.1 Å². The number of nitrogens with one attached hydrogen (secondary N) is 1. The molecule has 1 N–H and O–H groups in total. The average Bonchev–Trinajstić information content (AvgIpc) is 2.48. The van der Waals surface area contributed by atoms with E-state index in [-0.39, 0.29) is 11.6 Å².